The highest BCUT2D eigenvalue weighted by molar-refractivity contribution is 7.99. The zero-order valence-corrected chi connectivity index (χ0v) is 18.7. The van der Waals surface area contributed by atoms with E-state index in [1.165, 1.54) is 11.8 Å². The molecule has 3 aromatic rings. The smallest absolute Gasteiger partial charge is 0.196 e. The summed E-state index contributed by atoms with van der Waals surface area (Å²) >= 11 is 1.46. The van der Waals surface area contributed by atoms with Crippen LogP contribution in [0.2, 0.25) is 0 Å². The molecule has 0 saturated heterocycles. The second-order valence-electron chi connectivity index (χ2n) is 7.28. The summed E-state index contributed by atoms with van der Waals surface area (Å²) in [6.45, 7) is 8.85. The molecule has 30 heavy (non-hydrogen) atoms. The van der Waals surface area contributed by atoms with Crippen molar-refractivity contribution in [3.8, 4) is 22.8 Å². The molecule has 0 saturated carbocycles. The lowest BCUT2D eigenvalue weighted by Gasteiger charge is -2.14. The van der Waals surface area contributed by atoms with Crippen molar-refractivity contribution < 1.29 is 14.6 Å². The van der Waals surface area contributed by atoms with Crippen molar-refractivity contribution in [3.63, 3.8) is 0 Å². The maximum absolute atomic E-state index is 10.3. The maximum Gasteiger partial charge on any atom is 0.196 e. The van der Waals surface area contributed by atoms with Crippen LogP contribution in [0, 0.1) is 6.92 Å². The fourth-order valence-corrected chi connectivity index (χ4v) is 3.80. The van der Waals surface area contributed by atoms with Crippen molar-refractivity contribution in [1.29, 1.82) is 0 Å². The Labute approximate surface area is 182 Å². The Morgan fingerprint density at radius 3 is 2.53 bits per heavy atom. The summed E-state index contributed by atoms with van der Waals surface area (Å²) in [5, 5.41) is 19.9. The molecular weight excluding hydrogens is 398 g/mol. The summed E-state index contributed by atoms with van der Waals surface area (Å²) in [5.41, 5.74) is 3.09. The first-order valence-electron chi connectivity index (χ1n) is 10.2. The minimum absolute atomic E-state index is 0.0880. The van der Waals surface area contributed by atoms with Gasteiger partial charge in [0.15, 0.2) is 11.0 Å². The third-order valence-electron chi connectivity index (χ3n) is 4.34. The van der Waals surface area contributed by atoms with E-state index in [1.54, 1.807) is 0 Å². The summed E-state index contributed by atoms with van der Waals surface area (Å²) in [6.07, 6.45) is -0.490. The van der Waals surface area contributed by atoms with Gasteiger partial charge in [0.05, 0.1) is 25.4 Å². The molecule has 3 rings (SSSR count). The third kappa shape index (κ3) is 5.84. The van der Waals surface area contributed by atoms with Crippen molar-refractivity contribution >= 4 is 11.8 Å². The Hall–Kier alpha value is -2.35. The average Bonchev–Trinajstić information content (AvgIpc) is 3.15. The number of hydrogen-bond acceptors (Lipinski definition) is 6. The molecule has 7 heteroatoms. The second kappa shape index (κ2) is 10.6. The highest BCUT2D eigenvalue weighted by Gasteiger charge is 2.18. The summed E-state index contributed by atoms with van der Waals surface area (Å²) in [7, 11) is 0. The standard InChI is InChI=1S/C23H29N3O3S/c1-5-28-21-11-9-19(10-12-21)26-22(18-8-6-7-17(4)13-18)24-25-23(26)30-15-20(27)14-29-16(2)3/h6-13,16,20,27H,5,14-15H2,1-4H3. The van der Waals surface area contributed by atoms with Crippen molar-refractivity contribution in [2.45, 2.75) is 45.1 Å². The van der Waals surface area contributed by atoms with Gasteiger partial charge >= 0.3 is 0 Å². The molecule has 0 aliphatic rings. The lowest BCUT2D eigenvalue weighted by atomic mass is 10.1. The van der Waals surface area contributed by atoms with Gasteiger partial charge in [-0.15, -0.1) is 10.2 Å². The zero-order valence-electron chi connectivity index (χ0n) is 17.9. The minimum atomic E-state index is -0.578. The number of aliphatic hydroxyl groups excluding tert-OH is 1. The van der Waals surface area contributed by atoms with Gasteiger partial charge in [0.1, 0.15) is 5.75 Å². The molecular formula is C23H29N3O3S. The fourth-order valence-electron chi connectivity index (χ4n) is 2.95. The number of rotatable bonds is 10. The van der Waals surface area contributed by atoms with E-state index in [-0.39, 0.29) is 6.10 Å². The first-order valence-corrected chi connectivity index (χ1v) is 11.1. The van der Waals surface area contributed by atoms with Gasteiger partial charge in [0, 0.05) is 17.0 Å². The molecule has 0 aliphatic carbocycles. The molecule has 0 aliphatic heterocycles. The van der Waals surface area contributed by atoms with E-state index in [2.05, 4.69) is 29.3 Å². The molecule has 0 spiro atoms. The predicted octanol–water partition coefficient (Wildman–Crippen LogP) is 4.52. The van der Waals surface area contributed by atoms with E-state index in [4.69, 9.17) is 9.47 Å². The quantitative estimate of drug-likeness (QED) is 0.480. The van der Waals surface area contributed by atoms with E-state index in [0.717, 1.165) is 33.5 Å². The molecule has 1 heterocycles. The van der Waals surface area contributed by atoms with E-state index in [1.807, 2.05) is 61.7 Å². The maximum atomic E-state index is 10.3. The van der Waals surface area contributed by atoms with Crippen LogP contribution >= 0.6 is 11.8 Å². The van der Waals surface area contributed by atoms with E-state index in [9.17, 15) is 5.11 Å². The Morgan fingerprint density at radius 2 is 1.87 bits per heavy atom. The first-order chi connectivity index (χ1) is 14.5. The van der Waals surface area contributed by atoms with Crippen LogP contribution in [0.5, 0.6) is 5.75 Å². The number of aromatic nitrogens is 3. The molecule has 1 aromatic heterocycles. The monoisotopic (exact) mass is 427 g/mol. The second-order valence-corrected chi connectivity index (χ2v) is 8.27. The summed E-state index contributed by atoms with van der Waals surface area (Å²) < 4.78 is 13.1. The molecule has 6 nitrogen and oxygen atoms in total. The van der Waals surface area contributed by atoms with Gasteiger partial charge in [-0.2, -0.15) is 0 Å². The summed E-state index contributed by atoms with van der Waals surface area (Å²) in [6, 6.07) is 16.1. The molecule has 0 fully saturated rings. The Bertz CT molecular complexity index is 941. The van der Waals surface area contributed by atoms with Crippen LogP contribution in [-0.4, -0.2) is 51.0 Å². The summed E-state index contributed by atoms with van der Waals surface area (Å²) in [4.78, 5) is 0. The number of aliphatic hydroxyl groups is 1. The van der Waals surface area contributed by atoms with Gasteiger partial charge in [-0.05, 0) is 58.0 Å². The molecule has 160 valence electrons. The van der Waals surface area contributed by atoms with Crippen molar-refractivity contribution in [3.05, 3.63) is 54.1 Å². The number of benzene rings is 2. The third-order valence-corrected chi connectivity index (χ3v) is 5.42. The van der Waals surface area contributed by atoms with Crippen molar-refractivity contribution in [1.82, 2.24) is 14.8 Å². The predicted molar refractivity (Wildman–Crippen MR) is 121 cm³/mol. The van der Waals surface area contributed by atoms with E-state index >= 15 is 0 Å². The van der Waals surface area contributed by atoms with Crippen LogP contribution in [0.4, 0.5) is 0 Å². The number of ether oxygens (including phenoxy) is 2. The van der Waals surface area contributed by atoms with Gasteiger partial charge in [-0.1, -0.05) is 35.5 Å². The molecule has 2 aromatic carbocycles. The highest BCUT2D eigenvalue weighted by atomic mass is 32.2. The van der Waals surface area contributed by atoms with Crippen LogP contribution in [0.3, 0.4) is 0 Å². The number of thioether (sulfide) groups is 1. The number of aryl methyl sites for hydroxylation is 1. The molecule has 1 unspecified atom stereocenters. The van der Waals surface area contributed by atoms with Gasteiger partial charge in [-0.3, -0.25) is 4.57 Å². The van der Waals surface area contributed by atoms with E-state index in [0.29, 0.717) is 19.0 Å². The Morgan fingerprint density at radius 1 is 1.10 bits per heavy atom. The van der Waals surface area contributed by atoms with Crippen LogP contribution in [0.1, 0.15) is 26.3 Å². The lowest BCUT2D eigenvalue weighted by molar-refractivity contribution is 0.0152. The Balaban J connectivity index is 1.90. The summed E-state index contributed by atoms with van der Waals surface area (Å²) in [5.74, 6) is 2.05. The van der Waals surface area contributed by atoms with Gasteiger partial charge in [0.25, 0.3) is 0 Å². The fraction of sp³-hybridized carbons (Fsp3) is 0.391. The van der Waals surface area contributed by atoms with Crippen LogP contribution < -0.4 is 4.74 Å². The molecule has 0 radical (unpaired) electrons. The first kappa shape index (κ1) is 22.3. The topological polar surface area (TPSA) is 69.4 Å². The number of nitrogens with zero attached hydrogens (tertiary/aromatic N) is 3. The highest BCUT2D eigenvalue weighted by Crippen LogP contribution is 2.29. The molecule has 1 N–H and O–H groups in total. The normalized spacial score (nSPS) is 12.3. The lowest BCUT2D eigenvalue weighted by Crippen LogP contribution is -2.20. The largest absolute Gasteiger partial charge is 0.494 e. The average molecular weight is 428 g/mol. The zero-order chi connectivity index (χ0) is 21.5. The number of hydrogen-bond donors (Lipinski definition) is 1. The van der Waals surface area contributed by atoms with Gasteiger partial charge in [0.2, 0.25) is 0 Å². The van der Waals surface area contributed by atoms with E-state index < -0.39 is 6.10 Å². The van der Waals surface area contributed by atoms with Crippen molar-refractivity contribution in [2.24, 2.45) is 0 Å². The Kier molecular flexibility index (Phi) is 7.90. The minimum Gasteiger partial charge on any atom is -0.494 e. The van der Waals surface area contributed by atoms with Gasteiger partial charge in [-0.25, -0.2) is 0 Å². The van der Waals surface area contributed by atoms with Crippen LogP contribution in [0.25, 0.3) is 17.1 Å². The molecule has 1 atom stereocenters. The molecule has 0 amide bonds. The van der Waals surface area contributed by atoms with Gasteiger partial charge < -0.3 is 14.6 Å². The SMILES string of the molecule is CCOc1ccc(-n2c(SCC(O)COC(C)C)nnc2-c2cccc(C)c2)cc1. The van der Waals surface area contributed by atoms with Crippen LogP contribution in [0.15, 0.2) is 53.7 Å². The van der Waals surface area contributed by atoms with Crippen LogP contribution in [-0.2, 0) is 4.74 Å². The molecule has 0 bridgehead atoms. The van der Waals surface area contributed by atoms with Crippen molar-refractivity contribution in [2.75, 3.05) is 19.0 Å².